The number of allylic oxidation sites excluding steroid dienone is 1. The molecule has 3 aliphatic rings. The van der Waals surface area contributed by atoms with Crippen molar-refractivity contribution >= 4 is 25.0 Å². The van der Waals surface area contributed by atoms with Gasteiger partial charge in [0.1, 0.15) is 13.9 Å². The van der Waals surface area contributed by atoms with E-state index in [1.54, 1.807) is 10.4 Å². The maximum absolute atomic E-state index is 2.46. The minimum atomic E-state index is -1.47. The molecule has 3 heteroatoms. The molecule has 3 aliphatic heterocycles. The summed E-state index contributed by atoms with van der Waals surface area (Å²) in [6.45, 7) is 7.26. The van der Waals surface area contributed by atoms with Gasteiger partial charge in [0.2, 0.25) is 0 Å². The van der Waals surface area contributed by atoms with Crippen LogP contribution in [0, 0.1) is 0 Å². The Balaban J connectivity index is 2.10. The second-order valence-corrected chi connectivity index (χ2v) is 10.7. The van der Waals surface area contributed by atoms with Crippen molar-refractivity contribution in [3.63, 3.8) is 0 Å². The highest BCUT2D eigenvalue weighted by Crippen LogP contribution is 2.44. The Morgan fingerprint density at radius 3 is 2.68 bits per heavy atom. The van der Waals surface area contributed by atoms with Crippen LogP contribution in [-0.2, 0) is 0 Å². The van der Waals surface area contributed by atoms with Gasteiger partial charge in [-0.25, -0.2) is 0 Å². The van der Waals surface area contributed by atoms with Crippen LogP contribution < -0.4 is 5.19 Å². The summed E-state index contributed by atoms with van der Waals surface area (Å²) >= 11 is 0. The number of benzene rings is 1. The van der Waals surface area contributed by atoms with Gasteiger partial charge in [0.05, 0.1) is 5.70 Å². The third kappa shape index (κ3) is 1.17. The average molecular weight is 266 g/mol. The summed E-state index contributed by atoms with van der Waals surface area (Å²) in [7, 11) is 0.646. The minimum absolute atomic E-state index is 1.27. The summed E-state index contributed by atoms with van der Waals surface area (Å²) in [4.78, 5) is 4.56. The van der Waals surface area contributed by atoms with Crippen LogP contribution >= 0.6 is 0 Å². The van der Waals surface area contributed by atoms with Crippen LogP contribution in [0.25, 0.3) is 11.8 Å². The van der Waals surface area contributed by atoms with E-state index in [1.807, 2.05) is 0 Å². The van der Waals surface area contributed by atoms with E-state index in [0.717, 1.165) is 0 Å². The molecule has 0 fully saturated rings. The fraction of sp³-hybridized carbons (Fsp3) is 0.250. The van der Waals surface area contributed by atoms with Crippen molar-refractivity contribution in [2.75, 3.05) is 7.05 Å². The Morgan fingerprint density at radius 1 is 1.11 bits per heavy atom. The van der Waals surface area contributed by atoms with Crippen LogP contribution in [0.2, 0.25) is 13.1 Å². The summed E-state index contributed by atoms with van der Waals surface area (Å²) in [5.74, 6) is 1.27. The molecule has 3 heterocycles. The third-order valence-corrected chi connectivity index (χ3v) is 8.75. The van der Waals surface area contributed by atoms with Gasteiger partial charge >= 0.3 is 0 Å². The standard InChI is InChI=1S/C16H18N2Si/c1-11-16-15-12(6-5-7-13(15)19(11,3)4)10-14-17(2)8-9-18(14)16/h5-10H,1-4H3. The first-order chi connectivity index (χ1) is 9.01. The van der Waals surface area contributed by atoms with Crippen LogP contribution in [0.4, 0.5) is 0 Å². The molecule has 1 aromatic carbocycles. The Hall–Kier alpha value is -1.74. The van der Waals surface area contributed by atoms with Crippen LogP contribution in [0.3, 0.4) is 0 Å². The Morgan fingerprint density at radius 2 is 1.89 bits per heavy atom. The third-order valence-electron chi connectivity index (χ3n) is 4.87. The molecule has 0 atom stereocenters. The SMILES string of the molecule is CC1=C2c3c(cccc3[Si]1(C)C)C=C1N(C)C=CN12. The van der Waals surface area contributed by atoms with Gasteiger partial charge < -0.3 is 9.80 Å². The van der Waals surface area contributed by atoms with Gasteiger partial charge in [0, 0.05) is 25.0 Å². The fourth-order valence-corrected chi connectivity index (χ4v) is 6.09. The van der Waals surface area contributed by atoms with Gasteiger partial charge in [-0.1, -0.05) is 36.5 Å². The highest BCUT2D eigenvalue weighted by atomic mass is 28.3. The summed E-state index contributed by atoms with van der Waals surface area (Å²) in [5.41, 5.74) is 4.31. The molecule has 0 N–H and O–H groups in total. The van der Waals surface area contributed by atoms with Crippen molar-refractivity contribution in [1.82, 2.24) is 9.80 Å². The molecule has 0 saturated carbocycles. The van der Waals surface area contributed by atoms with Gasteiger partial charge in [0.25, 0.3) is 0 Å². The smallest absolute Gasteiger partial charge is 0.117 e. The molecule has 0 aromatic heterocycles. The quantitative estimate of drug-likeness (QED) is 0.666. The predicted octanol–water partition coefficient (Wildman–Crippen LogP) is 2.92. The monoisotopic (exact) mass is 266 g/mol. The Kier molecular flexibility index (Phi) is 1.89. The maximum Gasteiger partial charge on any atom is 0.117 e. The number of hydrogen-bond acceptors (Lipinski definition) is 2. The molecule has 0 aliphatic carbocycles. The molecule has 96 valence electrons. The van der Waals surface area contributed by atoms with Crippen molar-refractivity contribution in [1.29, 1.82) is 0 Å². The molecule has 0 radical (unpaired) electrons. The van der Waals surface area contributed by atoms with Crippen LogP contribution in [0.15, 0.2) is 41.6 Å². The maximum atomic E-state index is 2.46. The van der Waals surface area contributed by atoms with Gasteiger partial charge in [0.15, 0.2) is 0 Å². The molecule has 2 nitrogen and oxygen atoms in total. The first-order valence-corrected chi connectivity index (χ1v) is 9.79. The van der Waals surface area contributed by atoms with Crippen molar-refractivity contribution in [2.24, 2.45) is 0 Å². The summed E-state index contributed by atoms with van der Waals surface area (Å²) in [6.07, 6.45) is 6.65. The van der Waals surface area contributed by atoms with E-state index in [-0.39, 0.29) is 0 Å². The number of fused-ring (bicyclic) bond motifs is 2. The predicted molar refractivity (Wildman–Crippen MR) is 82.9 cm³/mol. The molecule has 0 unspecified atom stereocenters. The normalized spacial score (nSPS) is 21.8. The molecule has 19 heavy (non-hydrogen) atoms. The van der Waals surface area contributed by atoms with Gasteiger partial charge in [-0.2, -0.15) is 0 Å². The summed E-state index contributed by atoms with van der Waals surface area (Å²) in [5, 5.41) is 3.19. The zero-order valence-corrected chi connectivity index (χ0v) is 12.9. The van der Waals surface area contributed by atoms with Crippen LogP contribution in [-0.4, -0.2) is 24.9 Å². The highest BCUT2D eigenvalue weighted by molar-refractivity contribution is 6.98. The molecule has 1 aromatic rings. The average Bonchev–Trinajstić information content (AvgIpc) is 2.84. The van der Waals surface area contributed by atoms with E-state index >= 15 is 0 Å². The van der Waals surface area contributed by atoms with Crippen molar-refractivity contribution in [2.45, 2.75) is 20.0 Å². The van der Waals surface area contributed by atoms with E-state index in [2.05, 4.69) is 73.5 Å². The number of hydrogen-bond donors (Lipinski definition) is 0. The summed E-state index contributed by atoms with van der Waals surface area (Å²) < 4.78 is 0. The molecule has 0 saturated heterocycles. The van der Waals surface area contributed by atoms with E-state index in [9.17, 15) is 0 Å². The fourth-order valence-electron chi connectivity index (χ4n) is 3.45. The van der Waals surface area contributed by atoms with Crippen LogP contribution in [0.5, 0.6) is 0 Å². The van der Waals surface area contributed by atoms with Crippen molar-refractivity contribution in [3.8, 4) is 0 Å². The lowest BCUT2D eigenvalue weighted by Crippen LogP contribution is -2.40. The molecule has 0 amide bonds. The highest BCUT2D eigenvalue weighted by Gasteiger charge is 2.43. The first-order valence-electron chi connectivity index (χ1n) is 6.79. The van der Waals surface area contributed by atoms with E-state index in [4.69, 9.17) is 0 Å². The van der Waals surface area contributed by atoms with Gasteiger partial charge in [-0.05, 0) is 23.7 Å². The second-order valence-electron chi connectivity index (χ2n) is 6.15. The van der Waals surface area contributed by atoms with E-state index in [0.29, 0.717) is 0 Å². The molecule has 0 spiro atoms. The second kappa shape index (κ2) is 3.22. The Labute approximate surface area is 115 Å². The number of nitrogens with zero attached hydrogens (tertiary/aromatic N) is 2. The zero-order valence-electron chi connectivity index (χ0n) is 11.9. The van der Waals surface area contributed by atoms with Gasteiger partial charge in [-0.15, -0.1) is 0 Å². The topological polar surface area (TPSA) is 6.48 Å². The van der Waals surface area contributed by atoms with Gasteiger partial charge in [-0.3, -0.25) is 0 Å². The first kappa shape index (κ1) is 11.1. The van der Waals surface area contributed by atoms with Crippen molar-refractivity contribution in [3.05, 3.63) is 52.7 Å². The molecular weight excluding hydrogens is 248 g/mol. The lowest BCUT2D eigenvalue weighted by Gasteiger charge is -2.30. The van der Waals surface area contributed by atoms with E-state index in [1.165, 1.54) is 22.6 Å². The number of rotatable bonds is 0. The molecular formula is C16H18N2Si. The summed E-state index contributed by atoms with van der Waals surface area (Å²) in [6, 6.07) is 6.80. The molecule has 4 rings (SSSR count). The lowest BCUT2D eigenvalue weighted by atomic mass is 10.00. The Bertz CT molecular complexity index is 695. The van der Waals surface area contributed by atoms with Crippen LogP contribution in [0.1, 0.15) is 18.1 Å². The molecule has 0 bridgehead atoms. The van der Waals surface area contributed by atoms with Crippen molar-refractivity contribution < 1.29 is 0 Å². The lowest BCUT2D eigenvalue weighted by molar-refractivity contribution is 0.489. The minimum Gasteiger partial charge on any atom is -0.336 e. The van der Waals surface area contributed by atoms with E-state index < -0.39 is 8.07 Å². The zero-order chi connectivity index (χ0) is 13.4. The largest absolute Gasteiger partial charge is 0.336 e.